The first-order chi connectivity index (χ1) is 8.69. The average molecular weight is 252 g/mol. The quantitative estimate of drug-likeness (QED) is 0.771. The van der Waals surface area contributed by atoms with Crippen molar-refractivity contribution in [2.75, 3.05) is 13.2 Å². The molecule has 0 aliphatic rings. The van der Waals surface area contributed by atoms with E-state index in [1.807, 2.05) is 38.1 Å². The van der Waals surface area contributed by atoms with Gasteiger partial charge in [0.25, 0.3) is 0 Å². The highest BCUT2D eigenvalue weighted by molar-refractivity contribution is 5.35. The van der Waals surface area contributed by atoms with E-state index in [0.29, 0.717) is 13.2 Å². The minimum Gasteiger partial charge on any atom is -0.493 e. The van der Waals surface area contributed by atoms with Crippen molar-refractivity contribution in [2.45, 2.75) is 45.8 Å². The van der Waals surface area contributed by atoms with E-state index in [0.717, 1.165) is 24.2 Å². The third-order valence-corrected chi connectivity index (χ3v) is 2.81. The predicted molar refractivity (Wildman–Crippen MR) is 72.9 cm³/mol. The first-order valence-corrected chi connectivity index (χ1v) is 6.70. The maximum atomic E-state index is 10.1. The number of rotatable bonds is 8. The number of benzene rings is 1. The Morgan fingerprint density at radius 3 is 2.61 bits per heavy atom. The molecule has 0 spiro atoms. The summed E-state index contributed by atoms with van der Waals surface area (Å²) in [6, 6.07) is 7.55. The zero-order valence-corrected chi connectivity index (χ0v) is 11.6. The van der Waals surface area contributed by atoms with Gasteiger partial charge in [-0.15, -0.1) is 0 Å². The van der Waals surface area contributed by atoms with Gasteiger partial charge in [0, 0.05) is 5.56 Å². The van der Waals surface area contributed by atoms with Gasteiger partial charge in [-0.2, -0.15) is 0 Å². The van der Waals surface area contributed by atoms with Crippen LogP contribution in [-0.2, 0) is 4.74 Å². The molecule has 0 fully saturated rings. The van der Waals surface area contributed by atoms with E-state index in [-0.39, 0.29) is 6.10 Å². The van der Waals surface area contributed by atoms with Crippen molar-refractivity contribution in [1.29, 1.82) is 0 Å². The molecule has 18 heavy (non-hydrogen) atoms. The molecule has 0 aliphatic carbocycles. The van der Waals surface area contributed by atoms with Crippen LogP contribution in [0.1, 0.15) is 45.3 Å². The Labute approximate surface area is 110 Å². The van der Waals surface area contributed by atoms with Crippen molar-refractivity contribution in [3.63, 3.8) is 0 Å². The number of aliphatic hydroxyl groups is 1. The number of hydrogen-bond donors (Lipinski definition) is 1. The normalized spacial score (nSPS) is 14.2. The van der Waals surface area contributed by atoms with E-state index >= 15 is 0 Å². The van der Waals surface area contributed by atoms with E-state index in [4.69, 9.17) is 9.47 Å². The van der Waals surface area contributed by atoms with Gasteiger partial charge in [-0.05, 0) is 26.3 Å². The molecule has 0 aromatic heterocycles. The molecule has 0 heterocycles. The van der Waals surface area contributed by atoms with E-state index in [9.17, 15) is 5.11 Å². The van der Waals surface area contributed by atoms with Crippen LogP contribution in [0.5, 0.6) is 5.75 Å². The second kappa shape index (κ2) is 8.11. The Bertz CT molecular complexity index is 338. The van der Waals surface area contributed by atoms with Crippen LogP contribution in [0.15, 0.2) is 24.3 Å². The summed E-state index contributed by atoms with van der Waals surface area (Å²) in [5, 5.41) is 10.1. The van der Waals surface area contributed by atoms with Crippen LogP contribution >= 0.6 is 0 Å². The second-order valence-corrected chi connectivity index (χ2v) is 4.42. The Morgan fingerprint density at radius 2 is 1.94 bits per heavy atom. The van der Waals surface area contributed by atoms with Crippen LogP contribution in [0.2, 0.25) is 0 Å². The molecule has 2 atom stereocenters. The molecule has 1 aromatic carbocycles. The standard InChI is InChI=1S/C15H24O3/c1-4-8-12(3)18-11-14(16)13-9-6-7-10-15(13)17-5-2/h6-7,9-10,12,14,16H,4-5,8,11H2,1-3H3. The number of ether oxygens (including phenoxy) is 2. The van der Waals surface area contributed by atoms with Crippen LogP contribution < -0.4 is 4.74 Å². The van der Waals surface area contributed by atoms with Crippen molar-refractivity contribution < 1.29 is 14.6 Å². The average Bonchev–Trinajstić information content (AvgIpc) is 2.37. The van der Waals surface area contributed by atoms with Gasteiger partial charge in [0.2, 0.25) is 0 Å². The third kappa shape index (κ3) is 4.67. The topological polar surface area (TPSA) is 38.7 Å². The molecule has 2 unspecified atom stereocenters. The molecule has 0 saturated heterocycles. The molecule has 0 aliphatic heterocycles. The molecular weight excluding hydrogens is 228 g/mol. The van der Waals surface area contributed by atoms with Crippen molar-refractivity contribution in [2.24, 2.45) is 0 Å². The summed E-state index contributed by atoms with van der Waals surface area (Å²) in [4.78, 5) is 0. The van der Waals surface area contributed by atoms with E-state index in [1.54, 1.807) is 0 Å². The lowest BCUT2D eigenvalue weighted by Gasteiger charge is -2.18. The Kier molecular flexibility index (Phi) is 6.76. The smallest absolute Gasteiger partial charge is 0.125 e. The highest BCUT2D eigenvalue weighted by atomic mass is 16.5. The lowest BCUT2D eigenvalue weighted by molar-refractivity contribution is -0.00671. The summed E-state index contributed by atoms with van der Waals surface area (Å²) in [6.45, 7) is 7.00. The first-order valence-electron chi connectivity index (χ1n) is 6.70. The molecule has 1 N–H and O–H groups in total. The number of aliphatic hydroxyl groups excluding tert-OH is 1. The van der Waals surface area contributed by atoms with Gasteiger partial charge in [-0.1, -0.05) is 31.5 Å². The molecule has 0 bridgehead atoms. The molecule has 1 rings (SSSR count). The van der Waals surface area contributed by atoms with Crippen molar-refractivity contribution in [3.8, 4) is 5.75 Å². The van der Waals surface area contributed by atoms with Gasteiger partial charge in [0.05, 0.1) is 19.3 Å². The lowest BCUT2D eigenvalue weighted by atomic mass is 10.1. The van der Waals surface area contributed by atoms with Gasteiger partial charge in [-0.25, -0.2) is 0 Å². The molecule has 1 aromatic rings. The zero-order valence-electron chi connectivity index (χ0n) is 11.6. The highest BCUT2D eigenvalue weighted by Gasteiger charge is 2.14. The maximum Gasteiger partial charge on any atom is 0.125 e. The Morgan fingerprint density at radius 1 is 1.22 bits per heavy atom. The maximum absolute atomic E-state index is 10.1. The summed E-state index contributed by atoms with van der Waals surface area (Å²) in [7, 11) is 0. The van der Waals surface area contributed by atoms with Crippen LogP contribution in [0.3, 0.4) is 0 Å². The molecule has 3 heteroatoms. The summed E-state index contributed by atoms with van der Waals surface area (Å²) < 4.78 is 11.1. The molecule has 3 nitrogen and oxygen atoms in total. The van der Waals surface area contributed by atoms with Gasteiger partial charge in [0.15, 0.2) is 0 Å². The lowest BCUT2D eigenvalue weighted by Crippen LogP contribution is -2.15. The molecule has 0 saturated carbocycles. The van der Waals surface area contributed by atoms with E-state index in [1.165, 1.54) is 0 Å². The molecular formula is C15H24O3. The molecule has 102 valence electrons. The van der Waals surface area contributed by atoms with Crippen LogP contribution in [0, 0.1) is 0 Å². The summed E-state index contributed by atoms with van der Waals surface area (Å²) >= 11 is 0. The van der Waals surface area contributed by atoms with E-state index in [2.05, 4.69) is 6.92 Å². The monoisotopic (exact) mass is 252 g/mol. The summed E-state index contributed by atoms with van der Waals surface area (Å²) in [5.74, 6) is 0.735. The summed E-state index contributed by atoms with van der Waals surface area (Å²) in [5.41, 5.74) is 0.794. The zero-order chi connectivity index (χ0) is 13.4. The largest absolute Gasteiger partial charge is 0.493 e. The SMILES string of the molecule is CCCC(C)OCC(O)c1ccccc1OCC. The Balaban J connectivity index is 2.57. The van der Waals surface area contributed by atoms with Gasteiger partial charge >= 0.3 is 0 Å². The Hall–Kier alpha value is -1.06. The predicted octanol–water partition coefficient (Wildman–Crippen LogP) is 3.32. The van der Waals surface area contributed by atoms with Crippen LogP contribution in [0.25, 0.3) is 0 Å². The van der Waals surface area contributed by atoms with Crippen LogP contribution in [0.4, 0.5) is 0 Å². The number of para-hydroxylation sites is 1. The van der Waals surface area contributed by atoms with Gasteiger partial charge in [-0.3, -0.25) is 0 Å². The minimum atomic E-state index is -0.632. The number of hydrogen-bond acceptors (Lipinski definition) is 3. The second-order valence-electron chi connectivity index (χ2n) is 4.42. The summed E-state index contributed by atoms with van der Waals surface area (Å²) in [6.07, 6.45) is 1.66. The van der Waals surface area contributed by atoms with Crippen LogP contribution in [-0.4, -0.2) is 24.4 Å². The molecule has 0 radical (unpaired) electrons. The van der Waals surface area contributed by atoms with Crippen molar-refractivity contribution in [1.82, 2.24) is 0 Å². The van der Waals surface area contributed by atoms with Crippen molar-refractivity contribution >= 4 is 0 Å². The van der Waals surface area contributed by atoms with Crippen molar-refractivity contribution in [3.05, 3.63) is 29.8 Å². The third-order valence-electron chi connectivity index (χ3n) is 2.81. The fourth-order valence-electron chi connectivity index (χ4n) is 1.88. The van der Waals surface area contributed by atoms with E-state index < -0.39 is 6.10 Å². The fraction of sp³-hybridized carbons (Fsp3) is 0.600. The van der Waals surface area contributed by atoms with Gasteiger partial charge in [0.1, 0.15) is 11.9 Å². The highest BCUT2D eigenvalue weighted by Crippen LogP contribution is 2.25. The first kappa shape index (κ1) is 15.0. The minimum absolute atomic E-state index is 0.184. The fourth-order valence-corrected chi connectivity index (χ4v) is 1.88. The molecule has 0 amide bonds. The van der Waals surface area contributed by atoms with Gasteiger partial charge < -0.3 is 14.6 Å².